The summed E-state index contributed by atoms with van der Waals surface area (Å²) in [4.78, 5) is 47.4. The monoisotopic (exact) mass is 514 g/mol. The van der Waals surface area contributed by atoms with Crippen LogP contribution in [0.3, 0.4) is 0 Å². The van der Waals surface area contributed by atoms with Crippen LogP contribution in [0.2, 0.25) is 10.0 Å². The zero-order valence-electron chi connectivity index (χ0n) is 18.0. The Morgan fingerprint density at radius 1 is 0.914 bits per heavy atom. The summed E-state index contributed by atoms with van der Waals surface area (Å²) in [6.07, 6.45) is 0. The highest BCUT2D eigenvalue weighted by molar-refractivity contribution is 6.45. The van der Waals surface area contributed by atoms with Gasteiger partial charge in [-0.05, 0) is 37.3 Å². The number of hydrogen-bond acceptors (Lipinski definition) is 7. The molecule has 0 aliphatic rings. The molecule has 0 aliphatic heterocycles. The number of nitro groups is 1. The second-order valence-corrected chi connectivity index (χ2v) is 7.64. The van der Waals surface area contributed by atoms with E-state index in [1.165, 1.54) is 49.4 Å². The van der Waals surface area contributed by atoms with E-state index >= 15 is 0 Å². The van der Waals surface area contributed by atoms with Gasteiger partial charge < -0.3 is 10.1 Å². The van der Waals surface area contributed by atoms with Crippen molar-refractivity contribution in [2.75, 3.05) is 5.32 Å². The minimum atomic E-state index is -1.09. The van der Waals surface area contributed by atoms with Gasteiger partial charge in [0.2, 0.25) is 0 Å². The molecule has 2 N–H and O–H groups in total. The Bertz CT molecular complexity index is 1360. The minimum absolute atomic E-state index is 0.0429. The molecular formula is C23H16Cl2N4O6. The Morgan fingerprint density at radius 3 is 2.29 bits per heavy atom. The summed E-state index contributed by atoms with van der Waals surface area (Å²) in [6.45, 7) is 1.50. The van der Waals surface area contributed by atoms with Crippen molar-refractivity contribution in [3.05, 3.63) is 98.0 Å². The van der Waals surface area contributed by atoms with Crippen molar-refractivity contribution in [1.29, 1.82) is 0 Å². The quantitative estimate of drug-likeness (QED) is 0.123. The number of hydrazone groups is 1. The molecule has 0 aromatic heterocycles. The van der Waals surface area contributed by atoms with Gasteiger partial charge in [0.15, 0.2) is 0 Å². The molecule has 0 saturated carbocycles. The lowest BCUT2D eigenvalue weighted by atomic mass is 10.1. The summed E-state index contributed by atoms with van der Waals surface area (Å²) in [5.74, 6) is -3.03. The third-order valence-electron chi connectivity index (χ3n) is 4.53. The first kappa shape index (κ1) is 25.3. The summed E-state index contributed by atoms with van der Waals surface area (Å²) in [5.41, 5.74) is 2.11. The number of nitro benzene ring substituents is 1. The number of nitrogens with zero attached hydrogens (tertiary/aromatic N) is 2. The molecule has 3 aromatic carbocycles. The lowest BCUT2D eigenvalue weighted by Gasteiger charge is -2.10. The van der Waals surface area contributed by atoms with Gasteiger partial charge in [-0.15, -0.1) is 0 Å². The molecule has 0 aliphatic carbocycles. The lowest BCUT2D eigenvalue weighted by molar-refractivity contribution is -0.385. The highest BCUT2D eigenvalue weighted by atomic mass is 35.5. The molecule has 3 rings (SSSR count). The molecule has 0 spiro atoms. The van der Waals surface area contributed by atoms with Crippen LogP contribution in [0.1, 0.15) is 22.8 Å². The van der Waals surface area contributed by atoms with Crippen LogP contribution in [0.25, 0.3) is 0 Å². The largest absolute Gasteiger partial charge is 0.422 e. The van der Waals surface area contributed by atoms with Crippen LogP contribution < -0.4 is 15.5 Å². The van der Waals surface area contributed by atoms with Gasteiger partial charge in [-0.25, -0.2) is 10.2 Å². The second-order valence-electron chi connectivity index (χ2n) is 6.85. The van der Waals surface area contributed by atoms with Crippen molar-refractivity contribution in [2.45, 2.75) is 6.92 Å². The van der Waals surface area contributed by atoms with E-state index in [2.05, 4.69) is 15.8 Å². The number of benzene rings is 3. The molecule has 12 heteroatoms. The molecule has 0 atom stereocenters. The van der Waals surface area contributed by atoms with Gasteiger partial charge in [-0.1, -0.05) is 53.5 Å². The SMILES string of the molecule is C/C(=N\NC(=O)C(=O)Nc1cccc(Cl)c1Cl)c1ccccc1OC(=O)c1ccccc1[N+](=O)[O-]. The van der Waals surface area contributed by atoms with E-state index in [9.17, 15) is 24.5 Å². The molecule has 0 bridgehead atoms. The normalized spacial score (nSPS) is 10.9. The molecule has 0 radical (unpaired) electrons. The van der Waals surface area contributed by atoms with Crippen molar-refractivity contribution in [3.8, 4) is 5.75 Å². The van der Waals surface area contributed by atoms with Crippen LogP contribution in [0, 0.1) is 10.1 Å². The predicted octanol–water partition coefficient (Wildman–Crippen LogP) is 4.60. The average Bonchev–Trinajstić information content (AvgIpc) is 2.85. The van der Waals surface area contributed by atoms with Crippen LogP contribution >= 0.6 is 23.2 Å². The number of carbonyl (C=O) groups excluding carboxylic acids is 3. The summed E-state index contributed by atoms with van der Waals surface area (Å²) in [7, 11) is 0. The Kier molecular flexibility index (Phi) is 8.13. The van der Waals surface area contributed by atoms with Gasteiger partial charge in [-0.3, -0.25) is 19.7 Å². The summed E-state index contributed by atoms with van der Waals surface area (Å²) in [5, 5.41) is 17.7. The van der Waals surface area contributed by atoms with E-state index in [4.69, 9.17) is 27.9 Å². The molecule has 10 nitrogen and oxygen atoms in total. The molecular weight excluding hydrogens is 499 g/mol. The fraction of sp³-hybridized carbons (Fsp3) is 0.0435. The molecule has 3 aromatic rings. The number of rotatable bonds is 6. The first-order valence-electron chi connectivity index (χ1n) is 9.83. The Labute approximate surface area is 208 Å². The van der Waals surface area contributed by atoms with Crippen molar-refractivity contribution >= 4 is 58.1 Å². The number of hydrogen-bond donors (Lipinski definition) is 2. The third-order valence-corrected chi connectivity index (χ3v) is 5.35. The number of ether oxygens (including phenoxy) is 1. The predicted molar refractivity (Wildman–Crippen MR) is 130 cm³/mol. The van der Waals surface area contributed by atoms with E-state index in [1.54, 1.807) is 24.3 Å². The summed E-state index contributed by atoms with van der Waals surface area (Å²) in [6, 6.07) is 16.1. The molecule has 0 heterocycles. The van der Waals surface area contributed by atoms with Crippen LogP contribution in [0.4, 0.5) is 11.4 Å². The average molecular weight is 515 g/mol. The van der Waals surface area contributed by atoms with Gasteiger partial charge in [0.25, 0.3) is 5.69 Å². The van der Waals surface area contributed by atoms with E-state index in [-0.39, 0.29) is 32.8 Å². The van der Waals surface area contributed by atoms with Crippen LogP contribution in [-0.2, 0) is 9.59 Å². The number of amides is 2. The van der Waals surface area contributed by atoms with Gasteiger partial charge >= 0.3 is 17.8 Å². The van der Waals surface area contributed by atoms with E-state index in [1.807, 2.05) is 0 Å². The van der Waals surface area contributed by atoms with Crippen molar-refractivity contribution < 1.29 is 24.0 Å². The fourth-order valence-electron chi connectivity index (χ4n) is 2.84. The number of halogens is 2. The smallest absolute Gasteiger partial charge is 0.350 e. The maximum Gasteiger partial charge on any atom is 0.350 e. The molecule has 178 valence electrons. The lowest BCUT2D eigenvalue weighted by Crippen LogP contribution is -2.33. The maximum absolute atomic E-state index is 12.6. The zero-order valence-corrected chi connectivity index (χ0v) is 19.5. The van der Waals surface area contributed by atoms with E-state index in [0.717, 1.165) is 0 Å². The highest BCUT2D eigenvalue weighted by Crippen LogP contribution is 2.29. The van der Waals surface area contributed by atoms with Crippen molar-refractivity contribution in [2.24, 2.45) is 5.10 Å². The fourth-order valence-corrected chi connectivity index (χ4v) is 3.19. The number of anilines is 1. The van der Waals surface area contributed by atoms with Crippen molar-refractivity contribution in [1.82, 2.24) is 5.43 Å². The maximum atomic E-state index is 12.6. The first-order chi connectivity index (χ1) is 16.7. The molecule has 0 saturated heterocycles. The highest BCUT2D eigenvalue weighted by Gasteiger charge is 2.22. The van der Waals surface area contributed by atoms with Gasteiger partial charge in [0.05, 0.1) is 26.4 Å². The molecule has 35 heavy (non-hydrogen) atoms. The van der Waals surface area contributed by atoms with Crippen molar-refractivity contribution in [3.63, 3.8) is 0 Å². The molecule has 0 fully saturated rings. The Hall–Kier alpha value is -4.28. The molecule has 0 unspecified atom stereocenters. The zero-order chi connectivity index (χ0) is 25.5. The minimum Gasteiger partial charge on any atom is -0.422 e. The number of carbonyl (C=O) groups is 3. The molecule has 2 amide bonds. The van der Waals surface area contributed by atoms with Crippen LogP contribution in [0.5, 0.6) is 5.75 Å². The van der Waals surface area contributed by atoms with Crippen LogP contribution in [-0.4, -0.2) is 28.4 Å². The number of para-hydroxylation sites is 2. The number of nitrogens with one attached hydrogen (secondary N) is 2. The summed E-state index contributed by atoms with van der Waals surface area (Å²) >= 11 is 11.9. The van der Waals surface area contributed by atoms with Gasteiger partial charge in [0.1, 0.15) is 11.3 Å². The van der Waals surface area contributed by atoms with E-state index < -0.39 is 28.4 Å². The summed E-state index contributed by atoms with van der Waals surface area (Å²) < 4.78 is 5.36. The Balaban J connectivity index is 1.74. The first-order valence-corrected chi connectivity index (χ1v) is 10.6. The van der Waals surface area contributed by atoms with Gasteiger partial charge in [0, 0.05) is 11.6 Å². The van der Waals surface area contributed by atoms with Crippen LogP contribution in [0.15, 0.2) is 71.8 Å². The van der Waals surface area contributed by atoms with Gasteiger partial charge in [-0.2, -0.15) is 5.10 Å². The topological polar surface area (TPSA) is 140 Å². The number of esters is 1. The third kappa shape index (κ3) is 6.19. The standard InChI is InChI=1S/C23H16Cl2N4O6/c1-13(27-28-22(31)21(30)26-17-10-6-9-16(24)20(17)25)14-7-3-5-12-19(14)35-23(32)15-8-2-4-11-18(15)29(33)34/h2-12H,1H3,(H,26,30)(H,28,31)/b27-13+. The van der Waals surface area contributed by atoms with E-state index in [0.29, 0.717) is 5.56 Å². The Morgan fingerprint density at radius 2 is 1.57 bits per heavy atom. The second kappa shape index (κ2) is 11.2.